The van der Waals surface area contributed by atoms with Gasteiger partial charge in [0.1, 0.15) is 17.3 Å². The largest absolute Gasteiger partial charge is 0.510 e. The van der Waals surface area contributed by atoms with Gasteiger partial charge in [0.25, 0.3) is 0 Å². The first-order valence-corrected chi connectivity index (χ1v) is 7.42. The summed E-state index contributed by atoms with van der Waals surface area (Å²) in [5.41, 5.74) is 0.292. The van der Waals surface area contributed by atoms with Crippen LogP contribution in [0.4, 0.5) is 5.69 Å². The number of hydrogen-bond acceptors (Lipinski definition) is 6. The molecular weight excluding hydrogens is 308 g/mol. The first kappa shape index (κ1) is 17.2. The summed E-state index contributed by atoms with van der Waals surface area (Å²) < 4.78 is 10.5. The highest BCUT2D eigenvalue weighted by Gasteiger charge is 2.13. The van der Waals surface area contributed by atoms with E-state index in [1.165, 1.54) is 6.92 Å². The molecule has 0 radical (unpaired) electrons. The van der Waals surface area contributed by atoms with E-state index in [0.717, 1.165) is 5.75 Å². The van der Waals surface area contributed by atoms with Crippen molar-refractivity contribution in [3.05, 3.63) is 66.1 Å². The van der Waals surface area contributed by atoms with Gasteiger partial charge in [0, 0.05) is 0 Å². The Labute approximate surface area is 140 Å². The summed E-state index contributed by atoms with van der Waals surface area (Å²) in [6.07, 6.45) is 0. The minimum Gasteiger partial charge on any atom is -0.510 e. The number of para-hydroxylation sites is 1. The summed E-state index contributed by atoms with van der Waals surface area (Å²) in [7, 11) is 0. The average molecular weight is 326 g/mol. The molecule has 0 aliphatic heterocycles. The SMILES string of the molecule is CCOC(=O)/C(N=Nc1ccc(Oc2ccccc2)cc1)=C(\C)O. The second-order valence-corrected chi connectivity index (χ2v) is 4.76. The maximum absolute atomic E-state index is 11.6. The number of rotatable bonds is 6. The molecule has 0 spiro atoms. The molecule has 0 saturated carbocycles. The van der Waals surface area contributed by atoms with Gasteiger partial charge in [-0.05, 0) is 50.2 Å². The lowest BCUT2D eigenvalue weighted by Gasteiger charge is -2.05. The lowest BCUT2D eigenvalue weighted by Crippen LogP contribution is -2.07. The molecule has 124 valence electrons. The van der Waals surface area contributed by atoms with E-state index >= 15 is 0 Å². The summed E-state index contributed by atoms with van der Waals surface area (Å²) in [5.74, 6) is 0.418. The van der Waals surface area contributed by atoms with Crippen molar-refractivity contribution in [3.8, 4) is 11.5 Å². The Hall–Kier alpha value is -3.15. The third-order valence-electron chi connectivity index (χ3n) is 2.89. The molecule has 6 nitrogen and oxygen atoms in total. The fourth-order valence-corrected chi connectivity index (χ4v) is 1.77. The van der Waals surface area contributed by atoms with Crippen molar-refractivity contribution in [1.82, 2.24) is 0 Å². The molecule has 2 aromatic carbocycles. The van der Waals surface area contributed by atoms with E-state index in [1.807, 2.05) is 30.3 Å². The zero-order valence-electron chi connectivity index (χ0n) is 13.5. The highest BCUT2D eigenvalue weighted by atomic mass is 16.5. The number of carbonyl (C=O) groups excluding carboxylic acids is 1. The summed E-state index contributed by atoms with van der Waals surface area (Å²) in [4.78, 5) is 11.6. The Morgan fingerprint density at radius 1 is 1.04 bits per heavy atom. The molecule has 0 fully saturated rings. The van der Waals surface area contributed by atoms with Crippen molar-refractivity contribution < 1.29 is 19.4 Å². The van der Waals surface area contributed by atoms with Gasteiger partial charge >= 0.3 is 5.97 Å². The van der Waals surface area contributed by atoms with Gasteiger partial charge in [0.2, 0.25) is 5.70 Å². The standard InChI is InChI=1S/C18H18N2O4/c1-3-23-18(22)17(13(2)21)20-19-14-9-11-16(12-10-14)24-15-7-5-4-6-8-15/h4-12,21H,3H2,1-2H3/b17-13-,20-19?. The van der Waals surface area contributed by atoms with Crippen LogP contribution >= 0.6 is 0 Å². The Balaban J connectivity index is 2.07. The van der Waals surface area contributed by atoms with E-state index < -0.39 is 5.97 Å². The third-order valence-corrected chi connectivity index (χ3v) is 2.89. The van der Waals surface area contributed by atoms with E-state index in [1.54, 1.807) is 31.2 Å². The number of allylic oxidation sites excluding steroid dienone is 1. The number of esters is 1. The quantitative estimate of drug-likeness (QED) is 0.354. The number of aliphatic hydroxyl groups excluding tert-OH is 1. The summed E-state index contributed by atoms with van der Waals surface area (Å²) in [6, 6.07) is 16.3. The van der Waals surface area contributed by atoms with Crippen LogP contribution in [0.15, 0.2) is 76.3 Å². The Bertz CT molecular complexity index is 733. The van der Waals surface area contributed by atoms with Crippen molar-refractivity contribution in [2.24, 2.45) is 10.2 Å². The van der Waals surface area contributed by atoms with Crippen molar-refractivity contribution in [3.63, 3.8) is 0 Å². The molecule has 24 heavy (non-hydrogen) atoms. The third kappa shape index (κ3) is 4.95. The van der Waals surface area contributed by atoms with Crippen LogP contribution in [-0.4, -0.2) is 17.7 Å². The molecule has 0 heterocycles. The molecule has 2 rings (SSSR count). The highest BCUT2D eigenvalue weighted by Crippen LogP contribution is 2.24. The molecule has 0 aromatic heterocycles. The zero-order valence-corrected chi connectivity index (χ0v) is 13.5. The van der Waals surface area contributed by atoms with E-state index in [9.17, 15) is 9.90 Å². The van der Waals surface area contributed by atoms with E-state index in [4.69, 9.17) is 9.47 Å². The zero-order chi connectivity index (χ0) is 17.4. The summed E-state index contributed by atoms with van der Waals surface area (Å²) >= 11 is 0. The Kier molecular flexibility index (Phi) is 6.08. The topological polar surface area (TPSA) is 80.5 Å². The maximum atomic E-state index is 11.6. The number of benzene rings is 2. The lowest BCUT2D eigenvalue weighted by molar-refractivity contribution is -0.138. The van der Waals surface area contributed by atoms with Gasteiger partial charge in [-0.3, -0.25) is 0 Å². The predicted octanol–water partition coefficient (Wildman–Crippen LogP) is 4.92. The van der Waals surface area contributed by atoms with Gasteiger partial charge in [-0.25, -0.2) is 4.79 Å². The van der Waals surface area contributed by atoms with Crippen LogP contribution in [0.3, 0.4) is 0 Å². The molecule has 0 aliphatic carbocycles. The summed E-state index contributed by atoms with van der Waals surface area (Å²) in [6.45, 7) is 3.21. The van der Waals surface area contributed by atoms with Crippen LogP contribution in [0.2, 0.25) is 0 Å². The molecule has 0 atom stereocenters. The monoisotopic (exact) mass is 326 g/mol. The fraction of sp³-hybridized carbons (Fsp3) is 0.167. The minimum atomic E-state index is -0.717. The number of ether oxygens (including phenoxy) is 2. The molecule has 2 aromatic rings. The van der Waals surface area contributed by atoms with Crippen LogP contribution in [0, 0.1) is 0 Å². The molecular formula is C18H18N2O4. The van der Waals surface area contributed by atoms with E-state index in [0.29, 0.717) is 11.4 Å². The Morgan fingerprint density at radius 3 is 2.25 bits per heavy atom. The number of hydrogen-bond donors (Lipinski definition) is 1. The Morgan fingerprint density at radius 2 is 1.67 bits per heavy atom. The molecule has 0 bridgehead atoms. The highest BCUT2D eigenvalue weighted by molar-refractivity contribution is 5.88. The number of carbonyl (C=O) groups is 1. The van der Waals surface area contributed by atoms with Crippen LogP contribution < -0.4 is 4.74 Å². The fourth-order valence-electron chi connectivity index (χ4n) is 1.77. The molecule has 0 unspecified atom stereocenters. The normalized spacial score (nSPS) is 11.9. The van der Waals surface area contributed by atoms with Crippen LogP contribution in [0.1, 0.15) is 13.8 Å². The first-order chi connectivity index (χ1) is 11.6. The van der Waals surface area contributed by atoms with Crippen molar-refractivity contribution in [1.29, 1.82) is 0 Å². The molecule has 0 saturated heterocycles. The average Bonchev–Trinajstić information content (AvgIpc) is 2.57. The van der Waals surface area contributed by atoms with Crippen LogP contribution in [0.25, 0.3) is 0 Å². The second kappa shape index (κ2) is 8.47. The minimum absolute atomic E-state index is 0.191. The van der Waals surface area contributed by atoms with E-state index in [-0.39, 0.29) is 18.1 Å². The van der Waals surface area contributed by atoms with Crippen molar-refractivity contribution in [2.45, 2.75) is 13.8 Å². The predicted molar refractivity (Wildman–Crippen MR) is 89.4 cm³/mol. The number of azo groups is 1. The van der Waals surface area contributed by atoms with Gasteiger partial charge in [-0.1, -0.05) is 18.2 Å². The number of nitrogens with zero attached hydrogens (tertiary/aromatic N) is 2. The summed E-state index contributed by atoms with van der Waals surface area (Å²) in [5, 5.41) is 17.2. The smallest absolute Gasteiger partial charge is 0.362 e. The molecule has 0 amide bonds. The van der Waals surface area contributed by atoms with Gasteiger partial charge in [-0.2, -0.15) is 5.11 Å². The second-order valence-electron chi connectivity index (χ2n) is 4.76. The maximum Gasteiger partial charge on any atom is 0.362 e. The van der Waals surface area contributed by atoms with Gasteiger partial charge < -0.3 is 14.6 Å². The molecule has 6 heteroatoms. The number of aliphatic hydroxyl groups is 1. The molecule has 1 N–H and O–H groups in total. The lowest BCUT2D eigenvalue weighted by atomic mass is 10.3. The van der Waals surface area contributed by atoms with Gasteiger partial charge in [0.15, 0.2) is 0 Å². The van der Waals surface area contributed by atoms with Gasteiger partial charge in [-0.15, -0.1) is 5.11 Å². The van der Waals surface area contributed by atoms with Crippen LogP contribution in [0.5, 0.6) is 11.5 Å². The van der Waals surface area contributed by atoms with Crippen LogP contribution in [-0.2, 0) is 9.53 Å². The first-order valence-electron chi connectivity index (χ1n) is 7.42. The van der Waals surface area contributed by atoms with Crippen molar-refractivity contribution in [2.75, 3.05) is 6.61 Å². The molecule has 0 aliphatic rings. The van der Waals surface area contributed by atoms with Crippen molar-refractivity contribution >= 4 is 11.7 Å². The van der Waals surface area contributed by atoms with E-state index in [2.05, 4.69) is 10.2 Å². The van der Waals surface area contributed by atoms with Gasteiger partial charge in [0.05, 0.1) is 12.3 Å².